The SMILES string of the molecule is CC(C)(C)OC(=O)N(Cc1cccc(F)c1)C1CCNCC1. The van der Waals surface area contributed by atoms with Crippen molar-refractivity contribution in [1.29, 1.82) is 0 Å². The lowest BCUT2D eigenvalue weighted by Gasteiger charge is -2.36. The highest BCUT2D eigenvalue weighted by molar-refractivity contribution is 5.68. The molecule has 0 bridgehead atoms. The minimum absolute atomic E-state index is 0.124. The van der Waals surface area contributed by atoms with Crippen LogP contribution in [0.3, 0.4) is 0 Å². The van der Waals surface area contributed by atoms with Gasteiger partial charge in [0.2, 0.25) is 0 Å². The Morgan fingerprint density at radius 1 is 1.36 bits per heavy atom. The first kappa shape index (κ1) is 16.7. The van der Waals surface area contributed by atoms with Crippen LogP contribution in [0.4, 0.5) is 9.18 Å². The number of hydrogen-bond acceptors (Lipinski definition) is 3. The van der Waals surface area contributed by atoms with Gasteiger partial charge in [-0.2, -0.15) is 0 Å². The van der Waals surface area contributed by atoms with Crippen molar-refractivity contribution in [3.05, 3.63) is 35.6 Å². The van der Waals surface area contributed by atoms with Gasteiger partial charge in [0.25, 0.3) is 0 Å². The van der Waals surface area contributed by atoms with Crippen molar-refractivity contribution in [2.75, 3.05) is 13.1 Å². The van der Waals surface area contributed by atoms with Crippen LogP contribution in [-0.4, -0.2) is 35.7 Å². The van der Waals surface area contributed by atoms with E-state index >= 15 is 0 Å². The van der Waals surface area contributed by atoms with Gasteiger partial charge in [-0.1, -0.05) is 12.1 Å². The average Bonchev–Trinajstić information content (AvgIpc) is 2.44. The molecule has 22 heavy (non-hydrogen) atoms. The fourth-order valence-corrected chi connectivity index (χ4v) is 2.61. The number of benzene rings is 1. The maximum atomic E-state index is 13.4. The molecule has 1 aromatic rings. The number of carbonyl (C=O) groups excluding carboxylic acids is 1. The van der Waals surface area contributed by atoms with Crippen LogP contribution in [0.2, 0.25) is 0 Å². The Labute approximate surface area is 131 Å². The molecule has 1 aliphatic heterocycles. The summed E-state index contributed by atoms with van der Waals surface area (Å²) in [5.41, 5.74) is 0.244. The lowest BCUT2D eigenvalue weighted by Crippen LogP contribution is -2.47. The van der Waals surface area contributed by atoms with Crippen molar-refractivity contribution in [3.63, 3.8) is 0 Å². The molecule has 4 nitrogen and oxygen atoms in total. The predicted molar refractivity (Wildman–Crippen MR) is 84.1 cm³/mol. The van der Waals surface area contributed by atoms with E-state index in [9.17, 15) is 9.18 Å². The highest BCUT2D eigenvalue weighted by atomic mass is 19.1. The summed E-state index contributed by atoms with van der Waals surface area (Å²) in [7, 11) is 0. The number of hydrogen-bond donors (Lipinski definition) is 1. The zero-order valence-corrected chi connectivity index (χ0v) is 13.6. The van der Waals surface area contributed by atoms with Gasteiger partial charge >= 0.3 is 6.09 Å². The van der Waals surface area contributed by atoms with E-state index in [2.05, 4.69) is 5.32 Å². The molecule has 5 heteroatoms. The van der Waals surface area contributed by atoms with Gasteiger partial charge in [-0.05, 0) is 64.4 Å². The van der Waals surface area contributed by atoms with Crippen LogP contribution in [0.25, 0.3) is 0 Å². The van der Waals surface area contributed by atoms with Crippen molar-refractivity contribution in [2.24, 2.45) is 0 Å². The highest BCUT2D eigenvalue weighted by Gasteiger charge is 2.29. The molecule has 1 fully saturated rings. The first-order chi connectivity index (χ1) is 10.3. The second-order valence-corrected chi connectivity index (χ2v) is 6.72. The summed E-state index contributed by atoms with van der Waals surface area (Å²) in [6.45, 7) is 7.70. The molecule has 0 unspecified atom stereocenters. The van der Waals surface area contributed by atoms with E-state index in [1.54, 1.807) is 11.0 Å². The molecule has 0 atom stereocenters. The topological polar surface area (TPSA) is 41.6 Å². The van der Waals surface area contributed by atoms with E-state index < -0.39 is 5.60 Å². The van der Waals surface area contributed by atoms with Crippen LogP contribution in [0, 0.1) is 5.82 Å². The summed E-state index contributed by atoms with van der Waals surface area (Å²) < 4.78 is 18.9. The summed E-state index contributed by atoms with van der Waals surface area (Å²) in [4.78, 5) is 14.3. The molecule has 0 radical (unpaired) electrons. The Morgan fingerprint density at radius 2 is 2.05 bits per heavy atom. The number of amides is 1. The minimum Gasteiger partial charge on any atom is -0.444 e. The number of halogens is 1. The number of piperidine rings is 1. The quantitative estimate of drug-likeness (QED) is 0.931. The van der Waals surface area contributed by atoms with Crippen molar-refractivity contribution in [2.45, 2.75) is 51.8 Å². The van der Waals surface area contributed by atoms with E-state index in [-0.39, 0.29) is 18.0 Å². The molecule has 2 rings (SSSR count). The first-order valence-corrected chi connectivity index (χ1v) is 7.80. The fraction of sp³-hybridized carbons (Fsp3) is 0.588. The van der Waals surface area contributed by atoms with E-state index in [4.69, 9.17) is 4.74 Å². The van der Waals surface area contributed by atoms with Crippen LogP contribution in [0.1, 0.15) is 39.2 Å². The van der Waals surface area contributed by atoms with Crippen molar-refractivity contribution >= 4 is 6.09 Å². The summed E-state index contributed by atoms with van der Waals surface area (Å²) >= 11 is 0. The Morgan fingerprint density at radius 3 is 2.64 bits per heavy atom. The molecule has 0 saturated carbocycles. The van der Waals surface area contributed by atoms with Gasteiger partial charge in [-0.25, -0.2) is 9.18 Å². The summed E-state index contributed by atoms with van der Waals surface area (Å²) in [5.74, 6) is -0.285. The van der Waals surface area contributed by atoms with Crippen LogP contribution < -0.4 is 5.32 Å². The Kier molecular flexibility index (Phi) is 5.40. The first-order valence-electron chi connectivity index (χ1n) is 7.80. The Bertz CT molecular complexity index is 508. The van der Waals surface area contributed by atoms with Crippen molar-refractivity contribution < 1.29 is 13.9 Å². The summed E-state index contributed by atoms with van der Waals surface area (Å²) in [5, 5.41) is 3.29. The molecule has 1 aromatic carbocycles. The number of nitrogens with one attached hydrogen (secondary N) is 1. The van der Waals surface area contributed by atoms with Gasteiger partial charge in [0.15, 0.2) is 0 Å². The highest BCUT2D eigenvalue weighted by Crippen LogP contribution is 2.20. The van der Waals surface area contributed by atoms with E-state index in [0.29, 0.717) is 6.54 Å². The standard InChI is InChI=1S/C17H25FN2O2/c1-17(2,3)22-16(21)20(15-7-9-19-10-8-15)12-13-5-4-6-14(18)11-13/h4-6,11,15,19H,7-10,12H2,1-3H3. The molecule has 1 amide bonds. The van der Waals surface area contributed by atoms with Crippen LogP contribution in [-0.2, 0) is 11.3 Å². The van der Waals surface area contributed by atoms with Gasteiger partial charge in [-0.3, -0.25) is 0 Å². The van der Waals surface area contributed by atoms with Gasteiger partial charge in [0, 0.05) is 12.6 Å². The summed E-state index contributed by atoms with van der Waals surface area (Å²) in [6.07, 6.45) is 1.44. The molecule has 0 aromatic heterocycles. The smallest absolute Gasteiger partial charge is 0.410 e. The lowest BCUT2D eigenvalue weighted by atomic mass is 10.0. The number of carbonyl (C=O) groups is 1. The van der Waals surface area contributed by atoms with Gasteiger partial charge < -0.3 is 15.0 Å². The maximum Gasteiger partial charge on any atom is 0.410 e. The molecule has 0 aliphatic carbocycles. The second kappa shape index (κ2) is 7.09. The van der Waals surface area contributed by atoms with Gasteiger partial charge in [-0.15, -0.1) is 0 Å². The molecule has 1 aliphatic rings. The van der Waals surface area contributed by atoms with Crippen molar-refractivity contribution in [1.82, 2.24) is 10.2 Å². The van der Waals surface area contributed by atoms with E-state index in [1.165, 1.54) is 12.1 Å². The molecular weight excluding hydrogens is 283 g/mol. The Balaban J connectivity index is 2.15. The molecular formula is C17H25FN2O2. The van der Waals surface area contributed by atoms with Gasteiger partial charge in [0.05, 0.1) is 0 Å². The number of rotatable bonds is 3. The minimum atomic E-state index is -0.538. The monoisotopic (exact) mass is 308 g/mol. The largest absolute Gasteiger partial charge is 0.444 e. The van der Waals surface area contributed by atoms with Crippen LogP contribution in [0.5, 0.6) is 0 Å². The molecule has 1 N–H and O–H groups in total. The van der Waals surface area contributed by atoms with Crippen LogP contribution >= 0.6 is 0 Å². The van der Waals surface area contributed by atoms with Crippen molar-refractivity contribution in [3.8, 4) is 0 Å². The zero-order valence-electron chi connectivity index (χ0n) is 13.6. The third-order valence-corrected chi connectivity index (χ3v) is 3.62. The molecule has 1 saturated heterocycles. The fourth-order valence-electron chi connectivity index (χ4n) is 2.61. The van der Waals surface area contributed by atoms with Gasteiger partial charge in [0.1, 0.15) is 11.4 Å². The number of ether oxygens (including phenoxy) is 1. The third-order valence-electron chi connectivity index (χ3n) is 3.62. The second-order valence-electron chi connectivity index (χ2n) is 6.72. The molecule has 1 heterocycles. The number of nitrogens with zero attached hydrogens (tertiary/aromatic N) is 1. The normalized spacial score (nSPS) is 16.4. The predicted octanol–water partition coefficient (Wildman–Crippen LogP) is 3.31. The molecule has 0 spiro atoms. The molecule has 122 valence electrons. The maximum absolute atomic E-state index is 13.4. The van der Waals surface area contributed by atoms with Crippen LogP contribution in [0.15, 0.2) is 24.3 Å². The van der Waals surface area contributed by atoms with E-state index in [0.717, 1.165) is 31.5 Å². The average molecular weight is 308 g/mol. The Hall–Kier alpha value is -1.62. The van der Waals surface area contributed by atoms with E-state index in [1.807, 2.05) is 26.8 Å². The lowest BCUT2D eigenvalue weighted by molar-refractivity contribution is 0.0107. The zero-order chi connectivity index (χ0) is 16.2. The summed E-state index contributed by atoms with van der Waals surface area (Å²) in [6, 6.07) is 6.51. The third kappa shape index (κ3) is 4.98.